The molecule has 127 valence electrons. The van der Waals surface area contributed by atoms with Gasteiger partial charge < -0.3 is 0 Å². The number of rotatable bonds is 0. The Morgan fingerprint density at radius 2 is 0.522 bits per heavy atom. The van der Waals surface area contributed by atoms with Crippen LogP contribution in [0.15, 0.2) is 12.1 Å². The monoisotopic (exact) mass is 393 g/mol. The molecule has 0 heterocycles. The first-order chi connectivity index (χ1) is 10.1. The van der Waals surface area contributed by atoms with E-state index < -0.39 is 0 Å². The minimum atomic E-state index is 0. The van der Waals surface area contributed by atoms with Gasteiger partial charge in [-0.15, -0.1) is 0 Å². The summed E-state index contributed by atoms with van der Waals surface area (Å²) < 4.78 is 0. The van der Waals surface area contributed by atoms with Crippen LogP contribution in [-0.2, 0) is 20.1 Å². The summed E-state index contributed by atoms with van der Waals surface area (Å²) in [5.74, 6) is 0. The van der Waals surface area contributed by atoms with Gasteiger partial charge in [0, 0.05) is 20.1 Å². The Labute approximate surface area is 157 Å². The van der Waals surface area contributed by atoms with Gasteiger partial charge in [-0.2, -0.15) is 0 Å². The van der Waals surface area contributed by atoms with Gasteiger partial charge in [-0.1, -0.05) is 12.1 Å². The zero-order chi connectivity index (χ0) is 17.2. The van der Waals surface area contributed by atoms with Gasteiger partial charge >= 0.3 is 0 Å². The second-order valence-electron chi connectivity index (χ2n) is 6.77. The molecule has 0 aliphatic carbocycles. The Hall–Kier alpha value is -0.911. The molecule has 0 amide bonds. The van der Waals surface area contributed by atoms with E-state index in [-0.39, 0.29) is 20.1 Å². The summed E-state index contributed by atoms with van der Waals surface area (Å²) in [5.41, 5.74) is 14.3. The molecule has 0 fully saturated rings. The maximum absolute atomic E-state index is 2.26. The van der Waals surface area contributed by atoms with E-state index in [4.69, 9.17) is 0 Å². The van der Waals surface area contributed by atoms with Crippen molar-refractivity contribution in [2.24, 2.45) is 0 Å². The van der Waals surface area contributed by atoms with Crippen LogP contribution in [-0.4, -0.2) is 0 Å². The van der Waals surface area contributed by atoms with E-state index in [1.807, 2.05) is 0 Å². The zero-order valence-electron chi connectivity index (χ0n) is 16.5. The summed E-state index contributed by atoms with van der Waals surface area (Å²) in [6.45, 7) is 21.9. The van der Waals surface area contributed by atoms with Gasteiger partial charge in [0.2, 0.25) is 0 Å². The van der Waals surface area contributed by atoms with Crippen LogP contribution in [0.2, 0.25) is 0 Å². The largest absolute Gasteiger partial charge is 0.0558 e. The summed E-state index contributed by atoms with van der Waals surface area (Å²) in [6, 6.07) is 4.52. The van der Waals surface area contributed by atoms with Gasteiger partial charge in [-0.25, -0.2) is 0 Å². The molecule has 0 saturated carbocycles. The predicted octanol–water partition coefficient (Wildman–Crippen LogP) is 6.45. The van der Waals surface area contributed by atoms with Crippen molar-refractivity contribution in [2.45, 2.75) is 69.2 Å². The van der Waals surface area contributed by atoms with Crippen molar-refractivity contribution in [1.29, 1.82) is 0 Å². The number of benzene rings is 2. The van der Waals surface area contributed by atoms with E-state index >= 15 is 0 Å². The SMILES string of the molecule is Cc1cc(C)c(C)c(C)c1C.Cc1cc(C)c(C)c(C)c1C.[Tc]. The first kappa shape index (κ1) is 22.1. The third kappa shape index (κ3) is 5.03. The molecular weight excluding hydrogens is 362 g/mol. The van der Waals surface area contributed by atoms with Gasteiger partial charge in [0.05, 0.1) is 0 Å². The van der Waals surface area contributed by atoms with Crippen LogP contribution in [0.3, 0.4) is 0 Å². The van der Waals surface area contributed by atoms with Gasteiger partial charge in [0.1, 0.15) is 0 Å². The Morgan fingerprint density at radius 3 is 0.696 bits per heavy atom. The average molecular weight is 394 g/mol. The molecule has 0 saturated heterocycles. The van der Waals surface area contributed by atoms with Crippen LogP contribution in [0, 0.1) is 69.2 Å². The number of hydrogen-bond donors (Lipinski definition) is 0. The number of hydrogen-bond acceptors (Lipinski definition) is 0. The molecular formula is C22H32Tc. The first-order valence-electron chi connectivity index (χ1n) is 8.15. The maximum atomic E-state index is 2.26. The van der Waals surface area contributed by atoms with Crippen molar-refractivity contribution < 1.29 is 20.1 Å². The van der Waals surface area contributed by atoms with Crippen LogP contribution in [0.5, 0.6) is 0 Å². The minimum absolute atomic E-state index is 0. The molecule has 0 spiro atoms. The quantitative estimate of drug-likeness (QED) is 0.481. The fourth-order valence-electron chi connectivity index (χ4n) is 2.83. The minimum Gasteiger partial charge on any atom is -0.0558 e. The molecule has 0 aliphatic rings. The second kappa shape index (κ2) is 8.81. The third-order valence-electron chi connectivity index (χ3n) is 5.48. The molecule has 2 aromatic carbocycles. The molecule has 0 bridgehead atoms. The third-order valence-corrected chi connectivity index (χ3v) is 5.48. The van der Waals surface area contributed by atoms with Crippen molar-refractivity contribution in [3.8, 4) is 0 Å². The van der Waals surface area contributed by atoms with Crippen molar-refractivity contribution in [2.75, 3.05) is 0 Å². The van der Waals surface area contributed by atoms with E-state index in [2.05, 4.69) is 81.4 Å². The summed E-state index contributed by atoms with van der Waals surface area (Å²) in [4.78, 5) is 0. The molecule has 0 atom stereocenters. The van der Waals surface area contributed by atoms with E-state index in [0.29, 0.717) is 0 Å². The Balaban J connectivity index is 0.000000403. The van der Waals surface area contributed by atoms with Gasteiger partial charge in [-0.05, 0) is 125 Å². The maximum Gasteiger partial charge on any atom is 0 e. The molecule has 0 aromatic heterocycles. The van der Waals surface area contributed by atoms with Crippen LogP contribution in [0.4, 0.5) is 0 Å². The molecule has 2 aromatic rings. The fraction of sp³-hybridized carbons (Fsp3) is 0.455. The van der Waals surface area contributed by atoms with Crippen LogP contribution >= 0.6 is 0 Å². The van der Waals surface area contributed by atoms with Crippen molar-refractivity contribution in [3.05, 3.63) is 67.8 Å². The average Bonchev–Trinajstić information content (AvgIpc) is 2.47. The molecule has 2 rings (SSSR count). The van der Waals surface area contributed by atoms with Crippen molar-refractivity contribution in [3.63, 3.8) is 0 Å². The van der Waals surface area contributed by atoms with E-state index in [1.54, 1.807) is 0 Å². The topological polar surface area (TPSA) is 0 Å². The van der Waals surface area contributed by atoms with E-state index in [0.717, 1.165) is 0 Å². The standard InChI is InChI=1S/2C11H16.Tc/c2*1-7-6-8(2)10(4)11(5)9(7)3;/h2*6H,1-5H3;. The molecule has 23 heavy (non-hydrogen) atoms. The predicted molar refractivity (Wildman–Crippen MR) is 100 cm³/mol. The van der Waals surface area contributed by atoms with Gasteiger partial charge in [0.25, 0.3) is 0 Å². The molecule has 0 nitrogen and oxygen atoms in total. The number of aryl methyl sites for hydroxylation is 4. The first-order valence-corrected chi connectivity index (χ1v) is 8.15. The molecule has 0 unspecified atom stereocenters. The Morgan fingerprint density at radius 1 is 0.348 bits per heavy atom. The van der Waals surface area contributed by atoms with Crippen LogP contribution < -0.4 is 0 Å². The van der Waals surface area contributed by atoms with Crippen molar-refractivity contribution in [1.82, 2.24) is 0 Å². The second-order valence-corrected chi connectivity index (χ2v) is 6.77. The molecule has 0 aliphatic heterocycles. The van der Waals surface area contributed by atoms with Gasteiger partial charge in [0.15, 0.2) is 0 Å². The normalized spacial score (nSPS) is 9.83. The Bertz CT molecular complexity index is 580. The molecule has 1 heteroatoms. The van der Waals surface area contributed by atoms with Crippen molar-refractivity contribution >= 4 is 0 Å². The summed E-state index contributed by atoms with van der Waals surface area (Å²) in [5, 5.41) is 0. The van der Waals surface area contributed by atoms with Crippen LogP contribution in [0.1, 0.15) is 55.6 Å². The Kier molecular flexibility index (Phi) is 8.46. The zero-order valence-corrected chi connectivity index (χ0v) is 18.4. The van der Waals surface area contributed by atoms with E-state index in [1.165, 1.54) is 55.6 Å². The van der Waals surface area contributed by atoms with E-state index in [9.17, 15) is 0 Å². The smallest absolute Gasteiger partial charge is 0 e. The molecule has 0 N–H and O–H groups in total. The van der Waals surface area contributed by atoms with Crippen LogP contribution in [0.25, 0.3) is 0 Å². The summed E-state index contributed by atoms with van der Waals surface area (Å²) >= 11 is 0. The van der Waals surface area contributed by atoms with Gasteiger partial charge in [-0.3, -0.25) is 0 Å². The fourth-order valence-corrected chi connectivity index (χ4v) is 2.83. The molecule has 1 radical (unpaired) electrons. The summed E-state index contributed by atoms with van der Waals surface area (Å²) in [6.07, 6.45) is 0. The summed E-state index contributed by atoms with van der Waals surface area (Å²) in [7, 11) is 0.